The summed E-state index contributed by atoms with van der Waals surface area (Å²) in [5.74, 6) is -1.84. The molecule has 0 spiro atoms. The van der Waals surface area contributed by atoms with Gasteiger partial charge < -0.3 is 10.1 Å². The highest BCUT2D eigenvalue weighted by atomic mass is 35.5. The Kier molecular flexibility index (Phi) is 6.95. The van der Waals surface area contributed by atoms with Gasteiger partial charge >= 0.3 is 17.8 Å². The van der Waals surface area contributed by atoms with Crippen LogP contribution in [0.15, 0.2) is 65.1 Å². The lowest BCUT2D eigenvalue weighted by Crippen LogP contribution is -2.32. The van der Waals surface area contributed by atoms with Crippen molar-refractivity contribution < 1.29 is 19.1 Å². The van der Waals surface area contributed by atoms with E-state index in [4.69, 9.17) is 16.3 Å². The van der Waals surface area contributed by atoms with E-state index in [0.717, 1.165) is 0 Å². The van der Waals surface area contributed by atoms with Gasteiger partial charge in [0.1, 0.15) is 10.6 Å². The van der Waals surface area contributed by atoms with Crippen molar-refractivity contribution in [2.75, 3.05) is 5.32 Å². The molecule has 2 amide bonds. The number of carbonyl (C=O) groups excluding carboxylic acids is 3. The van der Waals surface area contributed by atoms with Crippen molar-refractivity contribution in [1.82, 2.24) is 5.43 Å². The van der Waals surface area contributed by atoms with Gasteiger partial charge in [-0.05, 0) is 65.9 Å². The number of amides is 2. The van der Waals surface area contributed by atoms with E-state index in [1.165, 1.54) is 17.6 Å². The van der Waals surface area contributed by atoms with Gasteiger partial charge in [0.15, 0.2) is 0 Å². The topological polar surface area (TPSA) is 96.9 Å². The van der Waals surface area contributed by atoms with Gasteiger partial charge in [-0.15, -0.1) is 11.3 Å². The Morgan fingerprint density at radius 2 is 1.80 bits per heavy atom. The second-order valence-corrected chi connectivity index (χ2v) is 7.36. The van der Waals surface area contributed by atoms with Gasteiger partial charge in [-0.1, -0.05) is 23.7 Å². The number of nitrogens with zero attached hydrogens (tertiary/aromatic N) is 1. The average molecular weight is 442 g/mol. The molecule has 0 aliphatic rings. The Labute approximate surface area is 181 Å². The first kappa shape index (κ1) is 21.2. The minimum absolute atomic E-state index is 0.380. The molecule has 2 aromatic carbocycles. The highest BCUT2D eigenvalue weighted by Gasteiger charge is 2.14. The summed E-state index contributed by atoms with van der Waals surface area (Å²) in [6, 6.07) is 15.0. The third kappa shape index (κ3) is 5.53. The standard InChI is InChI=1S/C21H16ClN3O4S/c1-13-16(22)4-2-5-17(13)24-19(26)20(27)25-23-12-14-7-9-15(10-8-14)29-21(28)18-6-3-11-30-18/h2-12H,1H3,(H,24,26)(H,25,27). The molecule has 0 saturated heterocycles. The van der Waals surface area contributed by atoms with Crippen molar-refractivity contribution in [3.05, 3.63) is 81.0 Å². The average Bonchev–Trinajstić information content (AvgIpc) is 3.27. The van der Waals surface area contributed by atoms with Crippen LogP contribution in [0.4, 0.5) is 5.69 Å². The minimum atomic E-state index is -0.924. The molecule has 0 fully saturated rings. The molecule has 2 N–H and O–H groups in total. The van der Waals surface area contributed by atoms with Crippen molar-refractivity contribution in [3.8, 4) is 5.75 Å². The summed E-state index contributed by atoms with van der Waals surface area (Å²) < 4.78 is 5.26. The molecule has 0 radical (unpaired) electrons. The highest BCUT2D eigenvalue weighted by Crippen LogP contribution is 2.22. The molecule has 0 unspecified atom stereocenters. The van der Waals surface area contributed by atoms with Crippen LogP contribution in [0.2, 0.25) is 5.02 Å². The lowest BCUT2D eigenvalue weighted by Gasteiger charge is -2.08. The van der Waals surface area contributed by atoms with Gasteiger partial charge in [-0.25, -0.2) is 10.2 Å². The summed E-state index contributed by atoms with van der Waals surface area (Å²) in [5, 5.41) is 8.51. The molecule has 0 aliphatic heterocycles. The predicted molar refractivity (Wildman–Crippen MR) is 116 cm³/mol. The van der Waals surface area contributed by atoms with Crippen molar-refractivity contribution in [2.24, 2.45) is 5.10 Å². The van der Waals surface area contributed by atoms with Crippen LogP contribution < -0.4 is 15.5 Å². The third-order valence-electron chi connectivity index (χ3n) is 3.91. The van der Waals surface area contributed by atoms with Crippen LogP contribution in [0, 0.1) is 6.92 Å². The second-order valence-electron chi connectivity index (χ2n) is 6.00. The first-order valence-electron chi connectivity index (χ1n) is 8.69. The fourth-order valence-electron chi connectivity index (χ4n) is 2.31. The van der Waals surface area contributed by atoms with Crippen LogP contribution in [-0.4, -0.2) is 24.0 Å². The van der Waals surface area contributed by atoms with E-state index in [9.17, 15) is 14.4 Å². The number of anilines is 1. The summed E-state index contributed by atoms with van der Waals surface area (Å²) in [6.07, 6.45) is 1.36. The third-order valence-corrected chi connectivity index (χ3v) is 5.17. The molecular weight excluding hydrogens is 426 g/mol. The van der Waals surface area contributed by atoms with Gasteiger partial charge in [0.25, 0.3) is 0 Å². The van der Waals surface area contributed by atoms with E-state index in [-0.39, 0.29) is 0 Å². The maximum absolute atomic E-state index is 12.0. The Morgan fingerprint density at radius 1 is 1.03 bits per heavy atom. The molecular formula is C21H16ClN3O4S. The quantitative estimate of drug-likeness (QED) is 0.205. The summed E-state index contributed by atoms with van der Waals surface area (Å²) in [4.78, 5) is 36.3. The van der Waals surface area contributed by atoms with Gasteiger partial charge in [-0.2, -0.15) is 5.10 Å². The van der Waals surface area contributed by atoms with Crippen LogP contribution >= 0.6 is 22.9 Å². The van der Waals surface area contributed by atoms with Crippen LogP contribution in [0.3, 0.4) is 0 Å². The zero-order chi connectivity index (χ0) is 21.5. The van der Waals surface area contributed by atoms with Gasteiger partial charge in [-0.3, -0.25) is 9.59 Å². The first-order chi connectivity index (χ1) is 14.4. The number of rotatable bonds is 5. The van der Waals surface area contributed by atoms with Gasteiger partial charge in [0, 0.05) is 10.7 Å². The van der Waals surface area contributed by atoms with E-state index in [0.29, 0.717) is 32.5 Å². The van der Waals surface area contributed by atoms with Crippen LogP contribution in [-0.2, 0) is 9.59 Å². The van der Waals surface area contributed by atoms with Crippen molar-refractivity contribution in [1.29, 1.82) is 0 Å². The molecule has 3 aromatic rings. The van der Waals surface area contributed by atoms with Gasteiger partial charge in [0.05, 0.1) is 6.21 Å². The van der Waals surface area contributed by atoms with E-state index < -0.39 is 17.8 Å². The number of nitrogens with one attached hydrogen (secondary N) is 2. The minimum Gasteiger partial charge on any atom is -0.422 e. The molecule has 0 saturated carbocycles. The lowest BCUT2D eigenvalue weighted by molar-refractivity contribution is -0.136. The smallest absolute Gasteiger partial charge is 0.353 e. The number of thiophene rings is 1. The van der Waals surface area contributed by atoms with E-state index in [1.807, 2.05) is 0 Å². The molecule has 30 heavy (non-hydrogen) atoms. The first-order valence-corrected chi connectivity index (χ1v) is 9.95. The molecule has 0 atom stereocenters. The number of carbonyl (C=O) groups is 3. The fourth-order valence-corrected chi connectivity index (χ4v) is 3.09. The number of hydrogen-bond donors (Lipinski definition) is 2. The second kappa shape index (κ2) is 9.82. The summed E-state index contributed by atoms with van der Waals surface area (Å²) in [7, 11) is 0. The molecule has 1 heterocycles. The van der Waals surface area contributed by atoms with Crippen molar-refractivity contribution in [2.45, 2.75) is 6.92 Å². The Balaban J connectivity index is 1.52. The van der Waals surface area contributed by atoms with E-state index in [2.05, 4.69) is 15.8 Å². The van der Waals surface area contributed by atoms with Crippen LogP contribution in [0.25, 0.3) is 0 Å². The lowest BCUT2D eigenvalue weighted by atomic mass is 10.2. The van der Waals surface area contributed by atoms with Crippen LogP contribution in [0.5, 0.6) is 5.75 Å². The maximum Gasteiger partial charge on any atom is 0.353 e. The molecule has 3 rings (SSSR count). The molecule has 1 aromatic heterocycles. The molecule has 7 nitrogen and oxygen atoms in total. The zero-order valence-corrected chi connectivity index (χ0v) is 17.3. The number of esters is 1. The summed E-state index contributed by atoms with van der Waals surface area (Å²) in [5.41, 5.74) is 3.89. The van der Waals surface area contributed by atoms with Crippen LogP contribution in [0.1, 0.15) is 20.8 Å². The Morgan fingerprint density at radius 3 is 2.50 bits per heavy atom. The van der Waals surface area contributed by atoms with Gasteiger partial charge in [0.2, 0.25) is 0 Å². The highest BCUT2D eigenvalue weighted by molar-refractivity contribution is 7.12. The number of hydrogen-bond acceptors (Lipinski definition) is 6. The van der Waals surface area contributed by atoms with Crippen molar-refractivity contribution in [3.63, 3.8) is 0 Å². The predicted octanol–water partition coefficient (Wildman–Crippen LogP) is 4.02. The summed E-state index contributed by atoms with van der Waals surface area (Å²) in [6.45, 7) is 1.73. The largest absolute Gasteiger partial charge is 0.422 e. The van der Waals surface area contributed by atoms with Crippen molar-refractivity contribution >= 4 is 52.6 Å². The molecule has 0 bridgehead atoms. The number of hydrazone groups is 1. The number of benzene rings is 2. The fraction of sp³-hybridized carbons (Fsp3) is 0.0476. The molecule has 9 heteroatoms. The van der Waals surface area contributed by atoms with E-state index >= 15 is 0 Å². The Bertz CT molecular complexity index is 1100. The maximum atomic E-state index is 12.0. The van der Waals surface area contributed by atoms with E-state index in [1.54, 1.807) is 66.9 Å². The SMILES string of the molecule is Cc1c(Cl)cccc1NC(=O)C(=O)NN=Cc1ccc(OC(=O)c2cccs2)cc1. The molecule has 152 valence electrons. The normalized spacial score (nSPS) is 10.6. The Hall–Kier alpha value is -3.49. The zero-order valence-electron chi connectivity index (χ0n) is 15.7. The number of halogens is 1. The summed E-state index contributed by atoms with van der Waals surface area (Å²) >= 11 is 7.29. The monoisotopic (exact) mass is 441 g/mol. The molecule has 0 aliphatic carbocycles. The number of ether oxygens (including phenoxy) is 1.